The van der Waals surface area contributed by atoms with E-state index in [1.165, 1.54) is 71.6 Å². The summed E-state index contributed by atoms with van der Waals surface area (Å²) in [6.45, 7) is 0. The molecule has 0 N–H and O–H groups in total. The molecule has 0 saturated heterocycles. The van der Waals surface area contributed by atoms with E-state index in [4.69, 9.17) is 4.74 Å². The lowest BCUT2D eigenvalue weighted by atomic mass is 9.93. The van der Waals surface area contributed by atoms with E-state index in [1.807, 2.05) is 0 Å². The van der Waals surface area contributed by atoms with Crippen molar-refractivity contribution in [2.75, 3.05) is 0 Å². The minimum Gasteiger partial charge on any atom is -0.483 e. The third-order valence-electron chi connectivity index (χ3n) is 9.68. The topological polar surface area (TPSA) is 19.1 Å². The number of ether oxygens (including phenoxy) is 1. The van der Waals surface area contributed by atoms with Crippen molar-refractivity contribution in [3.05, 3.63) is 163 Å². The summed E-state index contributed by atoms with van der Waals surface area (Å²) in [4.78, 5) is 0. The molecule has 0 bridgehead atoms. The Morgan fingerprint density at radius 3 is 1.93 bits per heavy atom. The highest BCUT2D eigenvalue weighted by Crippen LogP contribution is 2.46. The monoisotopic (exact) mass is 576 g/mol. The Labute approximate surface area is 260 Å². The van der Waals surface area contributed by atoms with Gasteiger partial charge in [0.25, 0.3) is 0 Å². The zero-order valence-corrected chi connectivity index (χ0v) is 24.5. The Kier molecular flexibility index (Phi) is 5.11. The van der Waals surface area contributed by atoms with Gasteiger partial charge in [0.1, 0.15) is 11.9 Å². The number of rotatable bonds is 3. The van der Waals surface area contributed by atoms with Crippen molar-refractivity contribution >= 4 is 49.2 Å². The number of hydrogen-bond donors (Lipinski definition) is 0. The summed E-state index contributed by atoms with van der Waals surface area (Å²) in [5, 5.41) is 5.05. The molecular formula is C42H28N2O. The molecule has 212 valence electrons. The standard InChI is InChI=1S/C42H28N2O/c1-2-11-29(12-3-1)43-36-17-7-4-13-30(36)34-25-27(21-23-38(34)43)28-22-24-39-35(26-28)31-14-5-8-18-37(31)44(39)40-19-10-16-33-32-15-6-9-20-41(32)45-42(33)40/h1-26,40,42H. The van der Waals surface area contributed by atoms with Gasteiger partial charge in [-0.25, -0.2) is 0 Å². The van der Waals surface area contributed by atoms with Crippen molar-refractivity contribution in [3.63, 3.8) is 0 Å². The van der Waals surface area contributed by atoms with Gasteiger partial charge in [0.2, 0.25) is 0 Å². The van der Waals surface area contributed by atoms with Gasteiger partial charge in [-0.1, -0.05) is 103 Å². The molecule has 10 rings (SSSR count). The second-order valence-corrected chi connectivity index (χ2v) is 12.1. The van der Waals surface area contributed by atoms with E-state index in [0.29, 0.717) is 0 Å². The lowest BCUT2D eigenvalue weighted by Crippen LogP contribution is -2.27. The van der Waals surface area contributed by atoms with Gasteiger partial charge in [-0.3, -0.25) is 0 Å². The van der Waals surface area contributed by atoms with Gasteiger partial charge >= 0.3 is 0 Å². The molecule has 2 atom stereocenters. The van der Waals surface area contributed by atoms with E-state index in [1.54, 1.807) is 0 Å². The summed E-state index contributed by atoms with van der Waals surface area (Å²) in [6, 6.07) is 50.5. The second kappa shape index (κ2) is 9.35. The van der Waals surface area contributed by atoms with Crippen molar-refractivity contribution in [2.45, 2.75) is 12.1 Å². The molecular weight excluding hydrogens is 548 g/mol. The molecule has 8 aromatic rings. The van der Waals surface area contributed by atoms with Gasteiger partial charge in [0, 0.05) is 49.4 Å². The first-order valence-corrected chi connectivity index (χ1v) is 15.6. The highest BCUT2D eigenvalue weighted by Gasteiger charge is 2.37. The van der Waals surface area contributed by atoms with E-state index in [0.717, 1.165) is 5.75 Å². The molecule has 1 aliphatic heterocycles. The van der Waals surface area contributed by atoms with Gasteiger partial charge in [-0.15, -0.1) is 0 Å². The normalized spacial score (nSPS) is 17.1. The molecule has 3 nitrogen and oxygen atoms in total. The Balaban J connectivity index is 1.14. The van der Waals surface area contributed by atoms with Crippen molar-refractivity contribution in [1.82, 2.24) is 9.13 Å². The SMILES string of the molecule is C1=CC(n2c3ccccc3c3cc(-c4ccc5c(c4)c4ccccc4n5-c4ccccc4)ccc32)C2Oc3ccccc3C2=C1. The number of allylic oxidation sites excluding steroid dienone is 2. The number of nitrogens with zero attached hydrogens (tertiary/aromatic N) is 2. The molecule has 1 aliphatic carbocycles. The minimum absolute atomic E-state index is 0.0473. The van der Waals surface area contributed by atoms with E-state index in [-0.39, 0.29) is 12.1 Å². The number of para-hydroxylation sites is 4. The lowest BCUT2D eigenvalue weighted by Gasteiger charge is -2.27. The van der Waals surface area contributed by atoms with Gasteiger partial charge < -0.3 is 13.9 Å². The van der Waals surface area contributed by atoms with Gasteiger partial charge in [-0.2, -0.15) is 0 Å². The fourth-order valence-electron chi connectivity index (χ4n) is 7.71. The van der Waals surface area contributed by atoms with Crippen molar-refractivity contribution in [1.29, 1.82) is 0 Å². The number of hydrogen-bond acceptors (Lipinski definition) is 1. The molecule has 0 saturated carbocycles. The first-order chi connectivity index (χ1) is 22.3. The maximum absolute atomic E-state index is 6.61. The van der Waals surface area contributed by atoms with Crippen molar-refractivity contribution < 1.29 is 4.74 Å². The maximum atomic E-state index is 6.61. The quantitative estimate of drug-likeness (QED) is 0.205. The summed E-state index contributed by atoms with van der Waals surface area (Å²) < 4.78 is 11.5. The average molecular weight is 577 g/mol. The molecule has 3 heterocycles. The predicted octanol–water partition coefficient (Wildman–Crippen LogP) is 10.5. The maximum Gasteiger partial charge on any atom is 0.149 e. The zero-order valence-electron chi connectivity index (χ0n) is 24.5. The molecule has 0 amide bonds. The van der Waals surface area contributed by atoms with Gasteiger partial charge in [-0.05, 0) is 65.7 Å². The molecule has 2 aliphatic rings. The summed E-state index contributed by atoms with van der Waals surface area (Å²) >= 11 is 0. The summed E-state index contributed by atoms with van der Waals surface area (Å²) in [7, 11) is 0. The Morgan fingerprint density at radius 2 is 1.11 bits per heavy atom. The van der Waals surface area contributed by atoms with Crippen LogP contribution >= 0.6 is 0 Å². The number of fused-ring (bicyclic) bond motifs is 9. The van der Waals surface area contributed by atoms with Crippen molar-refractivity contribution in [3.8, 4) is 22.6 Å². The second-order valence-electron chi connectivity index (χ2n) is 12.1. The molecule has 2 unspecified atom stereocenters. The fourth-order valence-corrected chi connectivity index (χ4v) is 7.71. The summed E-state index contributed by atoms with van der Waals surface area (Å²) in [5.41, 5.74) is 10.9. The molecule has 0 radical (unpaired) electrons. The highest BCUT2D eigenvalue weighted by molar-refractivity contribution is 6.12. The van der Waals surface area contributed by atoms with Crippen molar-refractivity contribution in [2.24, 2.45) is 0 Å². The largest absolute Gasteiger partial charge is 0.483 e. The third-order valence-corrected chi connectivity index (χ3v) is 9.68. The Bertz CT molecular complexity index is 2530. The first kappa shape index (κ1) is 24.6. The van der Waals surface area contributed by atoms with E-state index in [9.17, 15) is 0 Å². The van der Waals surface area contributed by atoms with Gasteiger partial charge in [0.05, 0.1) is 17.1 Å². The molecule has 45 heavy (non-hydrogen) atoms. The average Bonchev–Trinajstić information content (AvgIpc) is 3.76. The van der Waals surface area contributed by atoms with E-state index < -0.39 is 0 Å². The van der Waals surface area contributed by atoms with Crippen LogP contribution in [0.4, 0.5) is 0 Å². The molecule has 0 fully saturated rings. The molecule has 0 spiro atoms. The Morgan fingerprint density at radius 1 is 0.511 bits per heavy atom. The van der Waals surface area contributed by atoms with Crippen LogP contribution in [-0.4, -0.2) is 15.2 Å². The number of aromatic nitrogens is 2. The summed E-state index contributed by atoms with van der Waals surface area (Å²) in [6.07, 6.45) is 6.63. The lowest BCUT2D eigenvalue weighted by molar-refractivity contribution is 0.232. The molecule has 3 heteroatoms. The van der Waals surface area contributed by atoms with E-state index >= 15 is 0 Å². The number of benzene rings is 6. The van der Waals surface area contributed by atoms with Crippen LogP contribution in [0.15, 0.2) is 158 Å². The third kappa shape index (κ3) is 3.52. The van der Waals surface area contributed by atoms with Gasteiger partial charge in [0.15, 0.2) is 0 Å². The molecule has 6 aromatic carbocycles. The van der Waals surface area contributed by atoms with Crippen LogP contribution in [0.3, 0.4) is 0 Å². The van der Waals surface area contributed by atoms with Crippen LogP contribution in [0.25, 0.3) is 66.0 Å². The van der Waals surface area contributed by atoms with Crippen LogP contribution in [0.1, 0.15) is 11.6 Å². The fraction of sp³-hybridized carbons (Fsp3) is 0.0476. The highest BCUT2D eigenvalue weighted by atomic mass is 16.5. The van der Waals surface area contributed by atoms with Crippen LogP contribution in [0, 0.1) is 0 Å². The minimum atomic E-state index is -0.0598. The van der Waals surface area contributed by atoms with Crippen LogP contribution in [0.2, 0.25) is 0 Å². The smallest absolute Gasteiger partial charge is 0.149 e. The van der Waals surface area contributed by atoms with Crippen LogP contribution in [0.5, 0.6) is 5.75 Å². The van der Waals surface area contributed by atoms with Crippen LogP contribution < -0.4 is 4.74 Å². The van der Waals surface area contributed by atoms with Crippen LogP contribution in [-0.2, 0) is 0 Å². The molecule has 2 aromatic heterocycles. The Hall–Kier alpha value is -5.80. The first-order valence-electron chi connectivity index (χ1n) is 15.6. The van der Waals surface area contributed by atoms with E-state index in [2.05, 4.69) is 167 Å². The predicted molar refractivity (Wildman–Crippen MR) is 186 cm³/mol. The zero-order chi connectivity index (χ0) is 29.5. The summed E-state index contributed by atoms with van der Waals surface area (Å²) in [5.74, 6) is 0.967.